The molecule has 6 nitrogen and oxygen atoms in total. The molecule has 0 aromatic heterocycles. The average Bonchev–Trinajstić information content (AvgIpc) is 3.40. The fraction of sp³-hybridized carbons (Fsp3) is 0.355. The maximum Gasteiger partial charge on any atom is 0.257 e. The number of carbonyl (C=O) groups is 1. The van der Waals surface area contributed by atoms with E-state index < -0.39 is 0 Å². The number of methoxy groups -OCH3 is 2. The minimum absolute atomic E-state index is 0.0397. The number of likely N-dealkylation sites (tertiary alicyclic amines) is 1. The lowest BCUT2D eigenvalue weighted by Gasteiger charge is -2.33. The maximum absolute atomic E-state index is 13.6. The van der Waals surface area contributed by atoms with E-state index in [9.17, 15) is 4.79 Å². The zero-order valence-corrected chi connectivity index (χ0v) is 21.7. The number of hydrogen-bond acceptors (Lipinski definition) is 5. The van der Waals surface area contributed by atoms with Crippen molar-refractivity contribution in [3.05, 3.63) is 95.6 Å². The Morgan fingerprint density at radius 1 is 0.919 bits per heavy atom. The number of carbonyl (C=O) groups excluding carboxylic acids is 1. The van der Waals surface area contributed by atoms with Gasteiger partial charge in [0.2, 0.25) is 0 Å². The van der Waals surface area contributed by atoms with E-state index in [1.165, 1.54) is 5.56 Å². The summed E-state index contributed by atoms with van der Waals surface area (Å²) in [5, 5.41) is 6.57. The van der Waals surface area contributed by atoms with Gasteiger partial charge in [0.15, 0.2) is 0 Å². The zero-order chi connectivity index (χ0) is 25.6. The average molecular weight is 498 g/mol. The second-order valence-corrected chi connectivity index (χ2v) is 9.89. The van der Waals surface area contributed by atoms with Gasteiger partial charge in [-0.2, -0.15) is 5.10 Å². The number of hydrogen-bond donors (Lipinski definition) is 0. The quantitative estimate of drug-likeness (QED) is 0.422. The number of ether oxygens (including phenoxy) is 2. The summed E-state index contributed by atoms with van der Waals surface area (Å²) in [6.07, 6.45) is 3.98. The molecule has 3 aromatic carbocycles. The fourth-order valence-corrected chi connectivity index (χ4v) is 5.43. The van der Waals surface area contributed by atoms with Crippen LogP contribution >= 0.6 is 0 Å². The van der Waals surface area contributed by atoms with Gasteiger partial charge in [-0.3, -0.25) is 9.69 Å². The van der Waals surface area contributed by atoms with Gasteiger partial charge in [0.25, 0.3) is 5.91 Å². The molecule has 37 heavy (non-hydrogen) atoms. The minimum atomic E-state index is -0.133. The molecular weight excluding hydrogens is 462 g/mol. The van der Waals surface area contributed by atoms with Crippen LogP contribution < -0.4 is 9.47 Å². The van der Waals surface area contributed by atoms with E-state index in [0.29, 0.717) is 24.6 Å². The molecule has 0 N–H and O–H groups in total. The van der Waals surface area contributed by atoms with Crippen LogP contribution in [0.4, 0.5) is 0 Å². The van der Waals surface area contributed by atoms with E-state index in [4.69, 9.17) is 14.6 Å². The van der Waals surface area contributed by atoms with E-state index in [2.05, 4.69) is 47.4 Å². The Hall–Kier alpha value is -3.64. The minimum Gasteiger partial charge on any atom is -0.497 e. The van der Waals surface area contributed by atoms with Crippen LogP contribution in [0, 0.1) is 5.92 Å². The van der Waals surface area contributed by atoms with Crippen molar-refractivity contribution in [1.82, 2.24) is 9.91 Å². The Kier molecular flexibility index (Phi) is 7.85. The van der Waals surface area contributed by atoms with E-state index in [0.717, 1.165) is 54.9 Å². The van der Waals surface area contributed by atoms with Crippen LogP contribution in [0.2, 0.25) is 0 Å². The molecule has 6 heteroatoms. The molecule has 0 bridgehead atoms. The molecule has 0 aliphatic carbocycles. The zero-order valence-electron chi connectivity index (χ0n) is 21.7. The highest BCUT2D eigenvalue weighted by Gasteiger charge is 2.35. The summed E-state index contributed by atoms with van der Waals surface area (Å²) in [4.78, 5) is 15.9. The first-order valence-electron chi connectivity index (χ1n) is 13.1. The topological polar surface area (TPSA) is 54.4 Å². The third kappa shape index (κ3) is 5.86. The molecule has 2 aliphatic rings. The number of amides is 1. The summed E-state index contributed by atoms with van der Waals surface area (Å²) in [7, 11) is 3.28. The van der Waals surface area contributed by atoms with Crippen LogP contribution in [0.25, 0.3) is 0 Å². The summed E-state index contributed by atoms with van der Waals surface area (Å²) in [5.41, 5.74) is 4.23. The Morgan fingerprint density at radius 2 is 1.62 bits per heavy atom. The third-order valence-electron chi connectivity index (χ3n) is 7.50. The monoisotopic (exact) mass is 497 g/mol. The van der Waals surface area contributed by atoms with Gasteiger partial charge in [0, 0.05) is 18.1 Å². The molecule has 1 saturated heterocycles. The van der Waals surface area contributed by atoms with Crippen molar-refractivity contribution >= 4 is 11.6 Å². The molecule has 2 heterocycles. The van der Waals surface area contributed by atoms with E-state index in [-0.39, 0.29) is 11.9 Å². The van der Waals surface area contributed by atoms with Crippen LogP contribution in [0.1, 0.15) is 42.0 Å². The summed E-state index contributed by atoms with van der Waals surface area (Å²) in [6.45, 7) is 2.27. The maximum atomic E-state index is 13.6. The number of hydrazone groups is 1. The van der Waals surface area contributed by atoms with Gasteiger partial charge in [0.1, 0.15) is 11.5 Å². The number of benzene rings is 3. The molecule has 1 amide bonds. The van der Waals surface area contributed by atoms with Crippen molar-refractivity contribution in [3.8, 4) is 11.5 Å². The van der Waals surface area contributed by atoms with Crippen LogP contribution in [0.15, 0.2) is 84.0 Å². The van der Waals surface area contributed by atoms with Gasteiger partial charge in [-0.15, -0.1) is 0 Å². The predicted octanol–water partition coefficient (Wildman–Crippen LogP) is 5.34. The highest BCUT2D eigenvalue weighted by molar-refractivity contribution is 6.05. The van der Waals surface area contributed by atoms with Crippen molar-refractivity contribution in [3.63, 3.8) is 0 Å². The normalized spacial score (nSPS) is 18.5. The van der Waals surface area contributed by atoms with Crippen LogP contribution in [0.5, 0.6) is 11.5 Å². The summed E-state index contributed by atoms with van der Waals surface area (Å²) in [6, 6.07) is 26.5. The molecule has 5 rings (SSSR count). The highest BCUT2D eigenvalue weighted by atomic mass is 16.5. The van der Waals surface area contributed by atoms with Gasteiger partial charge in [-0.05, 0) is 61.5 Å². The Balaban J connectivity index is 1.30. The summed E-state index contributed by atoms with van der Waals surface area (Å²) >= 11 is 0. The van der Waals surface area contributed by atoms with Crippen LogP contribution in [-0.2, 0) is 11.2 Å². The molecule has 0 unspecified atom stereocenters. The molecule has 0 saturated carbocycles. The molecule has 3 aromatic rings. The van der Waals surface area contributed by atoms with Gasteiger partial charge in [-0.25, -0.2) is 5.01 Å². The molecule has 2 aliphatic heterocycles. The highest BCUT2D eigenvalue weighted by Crippen LogP contribution is 2.36. The molecular formula is C31H35N3O3. The van der Waals surface area contributed by atoms with E-state index >= 15 is 0 Å². The van der Waals surface area contributed by atoms with Crippen LogP contribution in [-0.4, -0.2) is 55.4 Å². The predicted molar refractivity (Wildman–Crippen MR) is 146 cm³/mol. The molecule has 1 fully saturated rings. The summed E-state index contributed by atoms with van der Waals surface area (Å²) in [5.74, 6) is 2.13. The largest absolute Gasteiger partial charge is 0.497 e. The van der Waals surface area contributed by atoms with Crippen molar-refractivity contribution < 1.29 is 14.3 Å². The first-order chi connectivity index (χ1) is 18.1. The lowest BCUT2D eigenvalue weighted by molar-refractivity contribution is -0.134. The van der Waals surface area contributed by atoms with E-state index in [1.807, 2.05) is 36.4 Å². The molecule has 192 valence electrons. The lowest BCUT2D eigenvalue weighted by Crippen LogP contribution is -2.42. The molecule has 0 radical (unpaired) electrons. The van der Waals surface area contributed by atoms with E-state index in [1.54, 1.807) is 19.2 Å². The first kappa shape index (κ1) is 25.0. The summed E-state index contributed by atoms with van der Waals surface area (Å²) < 4.78 is 11.0. The number of rotatable bonds is 8. The van der Waals surface area contributed by atoms with Crippen molar-refractivity contribution in [1.29, 1.82) is 0 Å². The number of nitrogens with zero attached hydrogens (tertiary/aromatic N) is 3. The SMILES string of the molecule is COc1ccc(C2=NN(C(=O)CN3CCC(Cc4ccccc4)CC3)[C@@H](c3ccccc3)C2)c(OC)c1. The number of piperidine rings is 1. The Bertz CT molecular complexity index is 1220. The molecule has 1 atom stereocenters. The first-order valence-corrected chi connectivity index (χ1v) is 13.1. The smallest absolute Gasteiger partial charge is 0.257 e. The third-order valence-corrected chi connectivity index (χ3v) is 7.50. The lowest BCUT2D eigenvalue weighted by atomic mass is 9.90. The van der Waals surface area contributed by atoms with Gasteiger partial charge >= 0.3 is 0 Å². The Labute approximate surface area is 219 Å². The Morgan fingerprint density at radius 3 is 2.30 bits per heavy atom. The molecule has 0 spiro atoms. The van der Waals surface area contributed by atoms with Crippen molar-refractivity contribution in [2.75, 3.05) is 33.9 Å². The van der Waals surface area contributed by atoms with Gasteiger partial charge in [0.05, 0.1) is 32.5 Å². The standard InChI is InChI=1S/C31H35N3O3/c1-36-26-13-14-27(30(20-26)37-2)28-21-29(25-11-7-4-8-12-25)34(32-28)31(35)22-33-17-15-24(16-18-33)19-23-9-5-3-6-10-23/h3-14,20,24,29H,15-19,21-22H2,1-2H3/t29-/m1/s1. The van der Waals surface area contributed by atoms with Crippen LogP contribution in [0.3, 0.4) is 0 Å². The van der Waals surface area contributed by atoms with Gasteiger partial charge in [-0.1, -0.05) is 60.7 Å². The fourth-order valence-electron chi connectivity index (χ4n) is 5.43. The van der Waals surface area contributed by atoms with Crippen molar-refractivity contribution in [2.24, 2.45) is 11.0 Å². The van der Waals surface area contributed by atoms with Gasteiger partial charge < -0.3 is 9.47 Å². The second-order valence-electron chi connectivity index (χ2n) is 9.89. The second kappa shape index (κ2) is 11.6. The van der Waals surface area contributed by atoms with Crippen molar-refractivity contribution in [2.45, 2.75) is 31.7 Å².